The fourth-order valence-corrected chi connectivity index (χ4v) is 5.48. The van der Waals surface area contributed by atoms with Crippen molar-refractivity contribution in [3.8, 4) is 0 Å². The van der Waals surface area contributed by atoms with Crippen molar-refractivity contribution in [2.24, 2.45) is 17.8 Å². The molecular weight excluding hydrogens is 266 g/mol. The van der Waals surface area contributed by atoms with E-state index in [9.17, 15) is 13.2 Å². The Bertz CT molecular complexity index is 465. The predicted molar refractivity (Wildman–Crippen MR) is 70.2 cm³/mol. The number of hydrogen-bond donors (Lipinski definition) is 1. The van der Waals surface area contributed by atoms with Crippen LogP contribution in [-0.2, 0) is 14.6 Å². The third kappa shape index (κ3) is 2.65. The summed E-state index contributed by atoms with van der Waals surface area (Å²) in [7, 11) is -2.99. The van der Waals surface area contributed by atoms with Gasteiger partial charge in [0.2, 0.25) is 5.91 Å². The van der Waals surface area contributed by atoms with Gasteiger partial charge in [0.1, 0.15) is 0 Å². The maximum absolute atomic E-state index is 12.5. The molecule has 2 saturated carbocycles. The first-order valence-electron chi connectivity index (χ1n) is 7.12. The number of amides is 1. The average molecular weight is 287 g/mol. The van der Waals surface area contributed by atoms with Crippen LogP contribution in [0, 0.1) is 17.8 Å². The molecule has 0 aromatic carbocycles. The second-order valence-corrected chi connectivity index (χ2v) is 8.47. The van der Waals surface area contributed by atoms with Gasteiger partial charge in [-0.15, -0.1) is 0 Å². The van der Waals surface area contributed by atoms with Gasteiger partial charge in [-0.05, 0) is 37.5 Å². The molecule has 0 aromatic rings. The summed E-state index contributed by atoms with van der Waals surface area (Å²) in [5.41, 5.74) is 0. The molecule has 1 heterocycles. The molecule has 6 heteroatoms. The second-order valence-electron chi connectivity index (χ2n) is 6.24. The predicted octanol–water partition coefficient (Wildman–Crippen LogP) is 0.0405. The highest BCUT2D eigenvalue weighted by atomic mass is 32.2. The van der Waals surface area contributed by atoms with Crippen LogP contribution in [0.4, 0.5) is 0 Å². The van der Waals surface area contributed by atoms with E-state index in [-0.39, 0.29) is 42.5 Å². The van der Waals surface area contributed by atoms with Gasteiger partial charge in [-0.3, -0.25) is 4.79 Å². The SMILES string of the molecule is O=C(C1CC2CC2C1)N(CCO)C1CCS(=O)(=O)C1. The van der Waals surface area contributed by atoms with Crippen LogP contribution in [0.5, 0.6) is 0 Å². The van der Waals surface area contributed by atoms with Crippen LogP contribution in [0.25, 0.3) is 0 Å². The Hall–Kier alpha value is -0.620. The van der Waals surface area contributed by atoms with Crippen LogP contribution in [-0.4, -0.2) is 55.0 Å². The molecule has 2 aliphatic carbocycles. The number of hydrogen-bond acceptors (Lipinski definition) is 4. The Balaban J connectivity index is 1.68. The van der Waals surface area contributed by atoms with E-state index in [1.54, 1.807) is 4.90 Å². The first-order valence-corrected chi connectivity index (χ1v) is 8.94. The van der Waals surface area contributed by atoms with Gasteiger partial charge in [-0.25, -0.2) is 8.42 Å². The molecule has 5 nitrogen and oxygen atoms in total. The molecule has 3 fully saturated rings. The molecule has 0 spiro atoms. The highest BCUT2D eigenvalue weighted by Gasteiger charge is 2.49. The maximum atomic E-state index is 12.5. The maximum Gasteiger partial charge on any atom is 0.226 e. The van der Waals surface area contributed by atoms with Crippen LogP contribution in [0.15, 0.2) is 0 Å². The molecule has 1 N–H and O–H groups in total. The number of carbonyl (C=O) groups excluding carboxylic acids is 1. The van der Waals surface area contributed by atoms with Crippen molar-refractivity contribution < 1.29 is 18.3 Å². The first kappa shape index (κ1) is 13.4. The van der Waals surface area contributed by atoms with E-state index < -0.39 is 9.84 Å². The van der Waals surface area contributed by atoms with Crippen LogP contribution in [0.1, 0.15) is 25.7 Å². The summed E-state index contributed by atoms with van der Waals surface area (Å²) in [5, 5.41) is 9.14. The van der Waals surface area contributed by atoms with Crippen molar-refractivity contribution in [1.82, 2.24) is 4.90 Å². The van der Waals surface area contributed by atoms with Crippen LogP contribution in [0.3, 0.4) is 0 Å². The topological polar surface area (TPSA) is 74.7 Å². The van der Waals surface area contributed by atoms with E-state index in [0.717, 1.165) is 24.7 Å². The van der Waals surface area contributed by atoms with Crippen LogP contribution in [0.2, 0.25) is 0 Å². The van der Waals surface area contributed by atoms with Crippen molar-refractivity contribution in [3.05, 3.63) is 0 Å². The van der Waals surface area contributed by atoms with E-state index in [0.29, 0.717) is 6.42 Å². The van der Waals surface area contributed by atoms with Gasteiger partial charge in [0, 0.05) is 18.5 Å². The summed E-state index contributed by atoms with van der Waals surface area (Å²) >= 11 is 0. The van der Waals surface area contributed by atoms with Crippen molar-refractivity contribution in [2.45, 2.75) is 31.7 Å². The summed E-state index contributed by atoms with van der Waals surface area (Å²) in [6, 6.07) is -0.221. The third-order valence-corrected chi connectivity index (χ3v) is 6.62. The van der Waals surface area contributed by atoms with E-state index in [2.05, 4.69) is 0 Å². The van der Waals surface area contributed by atoms with Crippen molar-refractivity contribution in [1.29, 1.82) is 0 Å². The quantitative estimate of drug-likeness (QED) is 0.792. The standard InChI is InChI=1S/C13H21NO4S/c15-3-2-14(12-1-4-19(17,18)8-12)13(16)11-6-9-5-10(9)7-11/h9-12,15H,1-8H2. The average Bonchev–Trinajstić information content (AvgIpc) is 2.80. The largest absolute Gasteiger partial charge is 0.395 e. The minimum atomic E-state index is -2.99. The molecule has 108 valence electrons. The molecule has 0 bridgehead atoms. The van der Waals surface area contributed by atoms with Gasteiger partial charge in [0.05, 0.1) is 18.1 Å². The molecule has 3 rings (SSSR count). The monoisotopic (exact) mass is 287 g/mol. The fraction of sp³-hybridized carbons (Fsp3) is 0.923. The minimum Gasteiger partial charge on any atom is -0.395 e. The lowest BCUT2D eigenvalue weighted by Crippen LogP contribution is -2.45. The van der Waals surface area contributed by atoms with Crippen LogP contribution >= 0.6 is 0 Å². The molecule has 0 aromatic heterocycles. The molecule has 3 atom stereocenters. The highest BCUT2D eigenvalue weighted by Crippen LogP contribution is 2.54. The zero-order chi connectivity index (χ0) is 13.6. The van der Waals surface area contributed by atoms with Crippen molar-refractivity contribution in [3.63, 3.8) is 0 Å². The normalized spacial score (nSPS) is 39.0. The molecule has 3 unspecified atom stereocenters. The minimum absolute atomic E-state index is 0.0678. The van der Waals surface area contributed by atoms with Crippen molar-refractivity contribution in [2.75, 3.05) is 24.7 Å². The van der Waals surface area contributed by atoms with Gasteiger partial charge in [-0.1, -0.05) is 0 Å². The number of aliphatic hydroxyl groups is 1. The van der Waals surface area contributed by atoms with Crippen molar-refractivity contribution >= 4 is 15.7 Å². The number of sulfone groups is 1. The van der Waals surface area contributed by atoms with Gasteiger partial charge in [0.15, 0.2) is 9.84 Å². The lowest BCUT2D eigenvalue weighted by Gasteiger charge is -2.30. The van der Waals surface area contributed by atoms with E-state index in [1.165, 1.54) is 6.42 Å². The summed E-state index contributed by atoms with van der Waals surface area (Å²) in [5.74, 6) is 1.85. The summed E-state index contributed by atoms with van der Waals surface area (Å²) in [6.45, 7) is 0.173. The molecule has 1 amide bonds. The smallest absolute Gasteiger partial charge is 0.226 e. The molecule has 19 heavy (non-hydrogen) atoms. The molecule has 1 aliphatic heterocycles. The number of fused-ring (bicyclic) bond motifs is 1. The third-order valence-electron chi connectivity index (χ3n) is 4.87. The lowest BCUT2D eigenvalue weighted by atomic mass is 10.0. The Morgan fingerprint density at radius 2 is 1.89 bits per heavy atom. The number of aliphatic hydroxyl groups excluding tert-OH is 1. The molecular formula is C13H21NO4S. The Labute approximate surface area is 113 Å². The zero-order valence-corrected chi connectivity index (χ0v) is 11.8. The van der Waals surface area contributed by atoms with E-state index in [4.69, 9.17) is 5.11 Å². The summed E-state index contributed by atoms with van der Waals surface area (Å²) in [4.78, 5) is 14.2. The molecule has 1 saturated heterocycles. The highest BCUT2D eigenvalue weighted by molar-refractivity contribution is 7.91. The molecule has 3 aliphatic rings. The Kier molecular flexibility index (Phi) is 3.33. The summed E-state index contributed by atoms with van der Waals surface area (Å²) in [6.07, 6.45) is 3.71. The number of carbonyl (C=O) groups is 1. The number of rotatable bonds is 4. The Morgan fingerprint density at radius 3 is 2.42 bits per heavy atom. The van der Waals surface area contributed by atoms with Gasteiger partial charge in [0.25, 0.3) is 0 Å². The van der Waals surface area contributed by atoms with Gasteiger partial charge in [-0.2, -0.15) is 0 Å². The molecule has 0 radical (unpaired) electrons. The number of nitrogens with zero attached hydrogens (tertiary/aromatic N) is 1. The van der Waals surface area contributed by atoms with E-state index >= 15 is 0 Å². The van der Waals surface area contributed by atoms with Crippen LogP contribution < -0.4 is 0 Å². The second kappa shape index (κ2) is 4.74. The van der Waals surface area contributed by atoms with Gasteiger partial charge < -0.3 is 10.0 Å². The van der Waals surface area contributed by atoms with Gasteiger partial charge >= 0.3 is 0 Å². The van der Waals surface area contributed by atoms with E-state index in [1.807, 2.05) is 0 Å². The zero-order valence-electron chi connectivity index (χ0n) is 11.0. The summed E-state index contributed by atoms with van der Waals surface area (Å²) < 4.78 is 23.1. The fourth-order valence-electron chi connectivity index (χ4n) is 3.75. The Morgan fingerprint density at radius 1 is 1.21 bits per heavy atom. The lowest BCUT2D eigenvalue weighted by molar-refractivity contribution is -0.138. The first-order chi connectivity index (χ1) is 9.00.